The topological polar surface area (TPSA) is 97.2 Å². The van der Waals surface area contributed by atoms with E-state index < -0.39 is 12.0 Å². The van der Waals surface area contributed by atoms with Crippen LogP contribution in [0, 0.1) is 0 Å². The van der Waals surface area contributed by atoms with Crippen LogP contribution in [0.2, 0.25) is 0 Å². The minimum Gasteiger partial charge on any atom is -0.467 e. The summed E-state index contributed by atoms with van der Waals surface area (Å²) in [5, 5.41) is 3.75. The summed E-state index contributed by atoms with van der Waals surface area (Å²) in [5.41, 5.74) is 8.55. The number of ether oxygens (including phenoxy) is 1. The van der Waals surface area contributed by atoms with Crippen molar-refractivity contribution < 1.29 is 14.3 Å². The number of para-hydroxylation sites is 1. The summed E-state index contributed by atoms with van der Waals surface area (Å²) in [6, 6.07) is 13.5. The lowest BCUT2D eigenvalue weighted by Crippen LogP contribution is -2.43. The van der Waals surface area contributed by atoms with Gasteiger partial charge in [-0.2, -0.15) is 0 Å². The second kappa shape index (κ2) is 7.09. The fraction of sp³-hybridized carbons (Fsp3) is 0.158. The first-order valence-corrected chi connectivity index (χ1v) is 7.87. The van der Waals surface area contributed by atoms with Gasteiger partial charge in [0.05, 0.1) is 7.11 Å². The van der Waals surface area contributed by atoms with E-state index in [-0.39, 0.29) is 5.91 Å². The maximum absolute atomic E-state index is 12.4. The van der Waals surface area contributed by atoms with Crippen LogP contribution in [0.3, 0.4) is 0 Å². The van der Waals surface area contributed by atoms with Crippen LogP contribution in [0.15, 0.2) is 54.7 Å². The quantitative estimate of drug-likeness (QED) is 0.491. The Morgan fingerprint density at radius 1 is 1.16 bits per heavy atom. The molecule has 1 amide bonds. The Balaban J connectivity index is 1.81. The van der Waals surface area contributed by atoms with E-state index in [0.29, 0.717) is 17.7 Å². The molecule has 0 saturated heterocycles. The molecule has 0 radical (unpaired) electrons. The van der Waals surface area contributed by atoms with Crippen LogP contribution in [0.1, 0.15) is 15.9 Å². The first-order valence-electron chi connectivity index (χ1n) is 7.87. The Labute approximate surface area is 145 Å². The van der Waals surface area contributed by atoms with Gasteiger partial charge in [-0.15, -0.1) is 0 Å². The number of esters is 1. The highest BCUT2D eigenvalue weighted by atomic mass is 16.5. The van der Waals surface area contributed by atoms with E-state index in [1.807, 2.05) is 30.5 Å². The molecule has 0 aliphatic rings. The van der Waals surface area contributed by atoms with Crippen molar-refractivity contribution in [3.8, 4) is 0 Å². The molecule has 3 aromatic rings. The Morgan fingerprint density at radius 3 is 2.60 bits per heavy atom. The number of benzene rings is 2. The van der Waals surface area contributed by atoms with Crippen molar-refractivity contribution in [2.45, 2.75) is 12.5 Å². The molecule has 6 heteroatoms. The van der Waals surface area contributed by atoms with Crippen LogP contribution in [0.4, 0.5) is 5.69 Å². The molecule has 1 atom stereocenters. The second-order valence-electron chi connectivity index (χ2n) is 5.73. The van der Waals surface area contributed by atoms with Gasteiger partial charge in [0.1, 0.15) is 6.04 Å². The number of fused-ring (bicyclic) bond motifs is 1. The van der Waals surface area contributed by atoms with Gasteiger partial charge in [0.2, 0.25) is 0 Å². The van der Waals surface area contributed by atoms with Crippen LogP contribution >= 0.6 is 0 Å². The molecule has 0 aliphatic heterocycles. The average Bonchev–Trinajstić information content (AvgIpc) is 3.04. The van der Waals surface area contributed by atoms with Gasteiger partial charge >= 0.3 is 5.97 Å². The number of nitrogens with two attached hydrogens (primary N) is 1. The van der Waals surface area contributed by atoms with Gasteiger partial charge < -0.3 is 20.8 Å². The molecule has 1 aromatic heterocycles. The van der Waals surface area contributed by atoms with E-state index >= 15 is 0 Å². The lowest BCUT2D eigenvalue weighted by atomic mass is 10.0. The largest absolute Gasteiger partial charge is 0.467 e. The Hall–Kier alpha value is -3.28. The zero-order chi connectivity index (χ0) is 17.8. The van der Waals surface area contributed by atoms with Gasteiger partial charge in [-0.25, -0.2) is 4.79 Å². The predicted octanol–water partition coefficient (Wildman–Crippen LogP) is 2.26. The molecular formula is C19H19N3O3. The van der Waals surface area contributed by atoms with E-state index in [9.17, 15) is 9.59 Å². The highest BCUT2D eigenvalue weighted by Crippen LogP contribution is 2.19. The van der Waals surface area contributed by atoms with Crippen molar-refractivity contribution >= 4 is 28.5 Å². The predicted molar refractivity (Wildman–Crippen MR) is 96.1 cm³/mol. The SMILES string of the molecule is COC(=O)[C@H](Cc1c[nH]c2ccccc12)NC(=O)c1ccc(N)cc1. The third-order valence-corrected chi connectivity index (χ3v) is 4.06. The van der Waals surface area contributed by atoms with Crippen molar-refractivity contribution in [3.63, 3.8) is 0 Å². The number of nitrogen functional groups attached to an aromatic ring is 1. The third kappa shape index (κ3) is 3.63. The van der Waals surface area contributed by atoms with Crippen LogP contribution in [0.5, 0.6) is 0 Å². The summed E-state index contributed by atoms with van der Waals surface area (Å²) in [7, 11) is 1.31. The number of carbonyl (C=O) groups is 2. The van der Waals surface area contributed by atoms with E-state index in [2.05, 4.69) is 10.3 Å². The van der Waals surface area contributed by atoms with Gasteiger partial charge in [-0.3, -0.25) is 4.79 Å². The number of hydrogen-bond acceptors (Lipinski definition) is 4. The van der Waals surface area contributed by atoms with E-state index in [0.717, 1.165) is 16.5 Å². The van der Waals surface area contributed by atoms with Crippen LogP contribution < -0.4 is 11.1 Å². The second-order valence-corrected chi connectivity index (χ2v) is 5.73. The molecule has 25 heavy (non-hydrogen) atoms. The monoisotopic (exact) mass is 337 g/mol. The van der Waals surface area contributed by atoms with Crippen LogP contribution in [-0.2, 0) is 16.0 Å². The standard InChI is InChI=1S/C19H19N3O3/c1-25-19(24)17(22-18(23)12-6-8-14(20)9-7-12)10-13-11-21-16-5-3-2-4-15(13)16/h2-9,11,17,21H,10,20H2,1H3,(H,22,23)/t17-/m0/s1. The third-order valence-electron chi connectivity index (χ3n) is 4.06. The maximum atomic E-state index is 12.4. The highest BCUT2D eigenvalue weighted by Gasteiger charge is 2.23. The molecule has 4 N–H and O–H groups in total. The highest BCUT2D eigenvalue weighted by molar-refractivity contribution is 5.97. The van der Waals surface area contributed by atoms with Gasteiger partial charge in [0.15, 0.2) is 0 Å². The number of hydrogen-bond donors (Lipinski definition) is 3. The molecule has 0 saturated carbocycles. The number of nitrogens with one attached hydrogen (secondary N) is 2. The van der Waals surface area contributed by atoms with Crippen LogP contribution in [-0.4, -0.2) is 30.0 Å². The van der Waals surface area contributed by atoms with Crippen molar-refractivity contribution in [2.24, 2.45) is 0 Å². The smallest absolute Gasteiger partial charge is 0.328 e. The first kappa shape index (κ1) is 16.6. The van der Waals surface area contributed by atoms with Crippen molar-refractivity contribution in [1.29, 1.82) is 0 Å². The fourth-order valence-electron chi connectivity index (χ4n) is 2.73. The lowest BCUT2D eigenvalue weighted by molar-refractivity contribution is -0.142. The molecule has 0 spiro atoms. The van der Waals surface area contributed by atoms with Crippen molar-refractivity contribution in [3.05, 3.63) is 65.9 Å². The minimum atomic E-state index is -0.783. The molecule has 128 valence electrons. The first-order chi connectivity index (χ1) is 12.1. The zero-order valence-corrected chi connectivity index (χ0v) is 13.8. The molecule has 0 aliphatic carbocycles. The average molecular weight is 337 g/mol. The number of aromatic nitrogens is 1. The molecule has 2 aromatic carbocycles. The van der Waals surface area contributed by atoms with E-state index in [4.69, 9.17) is 10.5 Å². The van der Waals surface area contributed by atoms with Gasteiger partial charge in [-0.1, -0.05) is 18.2 Å². The number of rotatable bonds is 5. The number of aromatic amines is 1. The summed E-state index contributed by atoms with van der Waals surface area (Å²) >= 11 is 0. The number of anilines is 1. The Bertz CT molecular complexity index is 900. The summed E-state index contributed by atoms with van der Waals surface area (Å²) in [6.45, 7) is 0. The number of methoxy groups -OCH3 is 1. The summed E-state index contributed by atoms with van der Waals surface area (Å²) < 4.78 is 4.85. The van der Waals surface area contributed by atoms with Crippen molar-refractivity contribution in [1.82, 2.24) is 10.3 Å². The van der Waals surface area contributed by atoms with Gasteiger partial charge in [0.25, 0.3) is 5.91 Å². The molecule has 0 bridgehead atoms. The van der Waals surface area contributed by atoms with Gasteiger partial charge in [-0.05, 0) is 35.9 Å². The van der Waals surface area contributed by atoms with Crippen LogP contribution in [0.25, 0.3) is 10.9 Å². The normalized spacial score (nSPS) is 11.9. The Morgan fingerprint density at radius 2 is 1.88 bits per heavy atom. The van der Waals surface area contributed by atoms with E-state index in [1.165, 1.54) is 7.11 Å². The number of H-pyrrole nitrogens is 1. The summed E-state index contributed by atoms with van der Waals surface area (Å²) in [5.74, 6) is -0.843. The molecule has 1 heterocycles. The Kier molecular flexibility index (Phi) is 4.70. The lowest BCUT2D eigenvalue weighted by Gasteiger charge is -2.16. The molecule has 3 rings (SSSR count). The van der Waals surface area contributed by atoms with E-state index in [1.54, 1.807) is 24.3 Å². The summed E-state index contributed by atoms with van der Waals surface area (Å²) in [6.07, 6.45) is 2.17. The molecular weight excluding hydrogens is 318 g/mol. The number of amides is 1. The maximum Gasteiger partial charge on any atom is 0.328 e. The fourth-order valence-corrected chi connectivity index (χ4v) is 2.73. The zero-order valence-electron chi connectivity index (χ0n) is 13.8. The minimum absolute atomic E-state index is 0.331. The number of carbonyl (C=O) groups excluding carboxylic acids is 2. The summed E-state index contributed by atoms with van der Waals surface area (Å²) in [4.78, 5) is 27.7. The molecule has 0 fully saturated rings. The van der Waals surface area contributed by atoms with Gasteiger partial charge in [0, 0.05) is 34.8 Å². The molecule has 6 nitrogen and oxygen atoms in total. The molecule has 0 unspecified atom stereocenters. The van der Waals surface area contributed by atoms with Crippen molar-refractivity contribution in [2.75, 3.05) is 12.8 Å².